The number of anilines is 1. The summed E-state index contributed by atoms with van der Waals surface area (Å²) in [4.78, 5) is 43.8. The third-order valence-electron chi connectivity index (χ3n) is 8.05. The zero-order valence-corrected chi connectivity index (χ0v) is 21.7. The molecule has 2 amide bonds. The number of carbonyl (C=O) groups is 2. The summed E-state index contributed by atoms with van der Waals surface area (Å²) in [7, 11) is 0. The number of rotatable bonds is 7. The van der Waals surface area contributed by atoms with Crippen molar-refractivity contribution in [2.45, 2.75) is 77.0 Å². The second-order valence-corrected chi connectivity index (χ2v) is 10.5. The van der Waals surface area contributed by atoms with E-state index in [9.17, 15) is 24.6 Å². The molecule has 0 saturated heterocycles. The van der Waals surface area contributed by atoms with Crippen LogP contribution >= 0.6 is 0 Å². The first-order chi connectivity index (χ1) is 18.4. The zero-order valence-electron chi connectivity index (χ0n) is 21.7. The van der Waals surface area contributed by atoms with E-state index in [0.29, 0.717) is 48.8 Å². The van der Waals surface area contributed by atoms with Gasteiger partial charge in [0.2, 0.25) is 5.91 Å². The summed E-state index contributed by atoms with van der Waals surface area (Å²) in [6.07, 6.45) is 6.08. The molecule has 1 aliphatic heterocycles. The van der Waals surface area contributed by atoms with Crippen LogP contribution in [0.25, 0.3) is 11.0 Å². The minimum Gasteiger partial charge on any atom is -0.465 e. The Bertz CT molecular complexity index is 1390. The number of aromatic nitrogens is 3. The minimum absolute atomic E-state index is 0.0878. The van der Waals surface area contributed by atoms with Crippen molar-refractivity contribution in [3.63, 3.8) is 0 Å². The molecule has 0 bridgehead atoms. The highest BCUT2D eigenvalue weighted by molar-refractivity contribution is 5.95. The molecule has 1 fully saturated rings. The van der Waals surface area contributed by atoms with Crippen LogP contribution in [0.5, 0.6) is 0 Å². The summed E-state index contributed by atoms with van der Waals surface area (Å²) in [6.45, 7) is 2.60. The number of nitrogens with zero attached hydrogens (tertiary/aromatic N) is 4. The average molecular weight is 522 g/mol. The Morgan fingerprint density at radius 3 is 2.61 bits per heavy atom. The van der Waals surface area contributed by atoms with Gasteiger partial charge >= 0.3 is 6.09 Å². The molecule has 1 atom stereocenters. The molecule has 3 N–H and O–H groups in total. The number of pyridine rings is 1. The summed E-state index contributed by atoms with van der Waals surface area (Å²) in [5.74, 6) is 0.894. The fraction of sp³-hybridized carbons (Fsp3) is 0.500. The van der Waals surface area contributed by atoms with Crippen molar-refractivity contribution in [1.29, 1.82) is 0 Å². The van der Waals surface area contributed by atoms with Crippen LogP contribution < -0.4 is 15.8 Å². The van der Waals surface area contributed by atoms with E-state index in [1.165, 1.54) is 11.0 Å². The number of amides is 2. The summed E-state index contributed by atoms with van der Waals surface area (Å²) < 4.78 is 3.52. The predicted octanol–water partition coefficient (Wildman–Crippen LogP) is 2.93. The molecule has 1 aliphatic carbocycles. The smallest absolute Gasteiger partial charge is 0.412 e. The van der Waals surface area contributed by atoms with Crippen LogP contribution in [-0.4, -0.2) is 55.0 Å². The van der Waals surface area contributed by atoms with E-state index in [1.807, 2.05) is 23.6 Å². The van der Waals surface area contributed by atoms with Crippen LogP contribution in [-0.2, 0) is 30.7 Å². The van der Waals surface area contributed by atoms with Crippen LogP contribution in [0.4, 0.5) is 10.5 Å². The monoisotopic (exact) mass is 521 g/mol. The van der Waals surface area contributed by atoms with Crippen LogP contribution in [0.3, 0.4) is 0 Å². The van der Waals surface area contributed by atoms with E-state index in [4.69, 9.17) is 4.98 Å². The van der Waals surface area contributed by atoms with Gasteiger partial charge in [0.25, 0.3) is 5.56 Å². The van der Waals surface area contributed by atoms with E-state index in [0.717, 1.165) is 36.8 Å². The maximum atomic E-state index is 13.2. The number of fused-ring (bicyclic) bond motifs is 3. The van der Waals surface area contributed by atoms with E-state index in [2.05, 4.69) is 5.32 Å². The lowest BCUT2D eigenvalue weighted by molar-refractivity contribution is -0.122. The molecular formula is C28H35N5O5. The van der Waals surface area contributed by atoms with Gasteiger partial charge in [0.1, 0.15) is 12.4 Å². The third-order valence-corrected chi connectivity index (χ3v) is 8.05. The van der Waals surface area contributed by atoms with Crippen molar-refractivity contribution < 1.29 is 19.8 Å². The van der Waals surface area contributed by atoms with Crippen molar-refractivity contribution in [2.75, 3.05) is 11.5 Å². The molecule has 1 aromatic carbocycles. The average Bonchev–Trinajstić information content (AvgIpc) is 3.25. The predicted molar refractivity (Wildman–Crippen MR) is 143 cm³/mol. The van der Waals surface area contributed by atoms with Crippen molar-refractivity contribution in [3.05, 3.63) is 58.3 Å². The van der Waals surface area contributed by atoms with Crippen LogP contribution in [0.2, 0.25) is 0 Å². The first kappa shape index (κ1) is 26.0. The number of carboxylic acid groups (broad SMARTS) is 1. The third kappa shape index (κ3) is 5.18. The molecule has 10 nitrogen and oxygen atoms in total. The number of benzene rings is 1. The Morgan fingerprint density at radius 2 is 1.89 bits per heavy atom. The molecule has 10 heteroatoms. The van der Waals surface area contributed by atoms with Crippen molar-refractivity contribution >= 4 is 28.7 Å². The van der Waals surface area contributed by atoms with E-state index >= 15 is 0 Å². The first-order valence-electron chi connectivity index (χ1n) is 13.4. The molecule has 3 heterocycles. The topological polar surface area (TPSA) is 130 Å². The highest BCUT2D eigenvalue weighted by atomic mass is 16.4. The normalized spacial score (nSPS) is 21.3. The zero-order chi connectivity index (χ0) is 26.8. The van der Waals surface area contributed by atoms with Crippen molar-refractivity contribution in [2.24, 2.45) is 5.92 Å². The van der Waals surface area contributed by atoms with Gasteiger partial charge < -0.3 is 24.7 Å². The number of hydrogen-bond donors (Lipinski definition) is 3. The lowest BCUT2D eigenvalue weighted by Gasteiger charge is -2.33. The van der Waals surface area contributed by atoms with Crippen LogP contribution in [0.1, 0.15) is 50.4 Å². The van der Waals surface area contributed by atoms with Gasteiger partial charge in [-0.15, -0.1) is 0 Å². The quantitative estimate of drug-likeness (QED) is 0.438. The van der Waals surface area contributed by atoms with Gasteiger partial charge in [-0.1, -0.05) is 6.07 Å². The Morgan fingerprint density at radius 1 is 1.11 bits per heavy atom. The van der Waals surface area contributed by atoms with E-state index in [-0.39, 0.29) is 36.7 Å². The maximum absolute atomic E-state index is 13.2. The van der Waals surface area contributed by atoms with Gasteiger partial charge in [-0.25, -0.2) is 9.78 Å². The minimum atomic E-state index is -0.990. The lowest BCUT2D eigenvalue weighted by atomic mass is 9.86. The van der Waals surface area contributed by atoms with Crippen LogP contribution in [0.15, 0.2) is 41.3 Å². The molecule has 2 aromatic heterocycles. The van der Waals surface area contributed by atoms with Crippen molar-refractivity contribution in [1.82, 2.24) is 19.4 Å². The van der Waals surface area contributed by atoms with Gasteiger partial charge in [0.15, 0.2) is 0 Å². The number of hydrogen-bond acceptors (Lipinski definition) is 5. The highest BCUT2D eigenvalue weighted by Crippen LogP contribution is 2.36. The SMILES string of the molecule is C[C@H]1CCc2c(ccc3c2nc(CCn2ccccc2=O)n3CC(=O)N[C@H]2CC[C@H](CO)CC2)N1C(=O)O. The molecule has 2 aliphatic rings. The molecular weight excluding hydrogens is 486 g/mol. The number of carbonyl (C=O) groups excluding carboxylic acids is 1. The highest BCUT2D eigenvalue weighted by Gasteiger charge is 2.31. The van der Waals surface area contributed by atoms with E-state index < -0.39 is 6.09 Å². The van der Waals surface area contributed by atoms with Gasteiger partial charge in [0, 0.05) is 49.5 Å². The fourth-order valence-corrected chi connectivity index (χ4v) is 5.91. The number of nitrogens with one attached hydrogen (secondary N) is 1. The van der Waals surface area contributed by atoms with Gasteiger partial charge in [0.05, 0.1) is 16.7 Å². The number of aryl methyl sites for hydroxylation is 3. The molecule has 38 heavy (non-hydrogen) atoms. The molecule has 5 rings (SSSR count). The molecule has 0 radical (unpaired) electrons. The van der Waals surface area contributed by atoms with Crippen molar-refractivity contribution in [3.8, 4) is 0 Å². The van der Waals surface area contributed by atoms with E-state index in [1.54, 1.807) is 22.9 Å². The molecule has 0 spiro atoms. The van der Waals surface area contributed by atoms with Gasteiger partial charge in [-0.2, -0.15) is 0 Å². The number of aliphatic hydroxyl groups excluding tert-OH is 1. The summed E-state index contributed by atoms with van der Waals surface area (Å²) >= 11 is 0. The maximum Gasteiger partial charge on any atom is 0.412 e. The summed E-state index contributed by atoms with van der Waals surface area (Å²) in [5.41, 5.74) is 2.92. The Kier molecular flexibility index (Phi) is 7.51. The molecule has 1 saturated carbocycles. The summed E-state index contributed by atoms with van der Waals surface area (Å²) in [5, 5.41) is 22.4. The molecule has 0 unspecified atom stereocenters. The lowest BCUT2D eigenvalue weighted by Crippen LogP contribution is -2.41. The molecule has 202 valence electrons. The fourth-order valence-electron chi connectivity index (χ4n) is 5.91. The number of imidazole rings is 1. The second kappa shape index (κ2) is 11.0. The number of aliphatic hydroxyl groups is 1. The standard InChI is InChI=1S/C28H35N5O5/c1-18-5-10-21-22(33(18)28(37)38)11-12-23-27(21)30-24(13-15-31-14-3-2-4-26(31)36)32(23)16-25(35)29-20-8-6-19(17-34)7-9-20/h2-4,11-12,14,18-20,34H,5-10,13,15-17H2,1H3,(H,29,35)(H,37,38)/t18-,19-,20-/m0/s1. The second-order valence-electron chi connectivity index (χ2n) is 10.5. The largest absolute Gasteiger partial charge is 0.465 e. The first-order valence-corrected chi connectivity index (χ1v) is 13.4. The molecule has 3 aromatic rings. The Labute approximate surface area is 220 Å². The Hall–Kier alpha value is -3.66. The van der Waals surface area contributed by atoms with Gasteiger partial charge in [-0.3, -0.25) is 14.5 Å². The Balaban J connectivity index is 1.46. The van der Waals surface area contributed by atoms with Crippen LogP contribution in [0, 0.1) is 5.92 Å². The van der Waals surface area contributed by atoms with Gasteiger partial charge in [-0.05, 0) is 69.6 Å². The summed E-state index contributed by atoms with van der Waals surface area (Å²) in [6, 6.07) is 8.65.